The first-order valence-electron chi connectivity index (χ1n) is 6.01. The number of amides is 1. The van der Waals surface area contributed by atoms with Crippen molar-refractivity contribution in [3.05, 3.63) is 0 Å². The van der Waals surface area contributed by atoms with E-state index < -0.39 is 17.4 Å². The van der Waals surface area contributed by atoms with Gasteiger partial charge in [0.1, 0.15) is 0 Å². The number of carbonyl (C=O) groups is 3. The van der Waals surface area contributed by atoms with E-state index in [0.29, 0.717) is 6.42 Å². The number of nitrogens with one attached hydrogen (secondary N) is 1. The highest BCUT2D eigenvalue weighted by Crippen LogP contribution is 2.19. The summed E-state index contributed by atoms with van der Waals surface area (Å²) in [5.74, 6) is -1.72. The Labute approximate surface area is 107 Å². The predicted molar refractivity (Wildman–Crippen MR) is 64.9 cm³/mol. The highest BCUT2D eigenvalue weighted by molar-refractivity contribution is 5.82. The van der Waals surface area contributed by atoms with Crippen LogP contribution in [-0.2, 0) is 19.1 Å². The molecule has 0 heterocycles. The molecule has 0 radical (unpaired) electrons. The van der Waals surface area contributed by atoms with E-state index >= 15 is 0 Å². The molecule has 0 aromatic heterocycles. The SMILES string of the molecule is CCOC(=O)CCC(=O)NCC(C)(CC)C(=O)O. The van der Waals surface area contributed by atoms with Gasteiger partial charge >= 0.3 is 11.9 Å². The van der Waals surface area contributed by atoms with Crippen LogP contribution >= 0.6 is 0 Å². The maximum Gasteiger partial charge on any atom is 0.311 e. The van der Waals surface area contributed by atoms with E-state index in [9.17, 15) is 14.4 Å². The first-order chi connectivity index (χ1) is 8.35. The third kappa shape index (κ3) is 5.65. The van der Waals surface area contributed by atoms with Gasteiger partial charge in [-0.15, -0.1) is 0 Å². The zero-order chi connectivity index (χ0) is 14.2. The topological polar surface area (TPSA) is 92.7 Å². The van der Waals surface area contributed by atoms with Crippen molar-refractivity contribution >= 4 is 17.8 Å². The van der Waals surface area contributed by atoms with Crippen molar-refractivity contribution in [3.8, 4) is 0 Å². The molecule has 1 atom stereocenters. The Morgan fingerprint density at radius 3 is 2.28 bits per heavy atom. The number of carboxylic acid groups (broad SMARTS) is 1. The molecule has 0 aromatic rings. The summed E-state index contributed by atoms with van der Waals surface area (Å²) in [5, 5.41) is 11.5. The van der Waals surface area contributed by atoms with Gasteiger partial charge in [-0.3, -0.25) is 14.4 Å². The Kier molecular flexibility index (Phi) is 7.00. The Bertz CT molecular complexity index is 316. The van der Waals surface area contributed by atoms with Crippen molar-refractivity contribution in [2.24, 2.45) is 5.41 Å². The lowest BCUT2D eigenvalue weighted by Crippen LogP contribution is -2.40. The Morgan fingerprint density at radius 2 is 1.83 bits per heavy atom. The molecule has 0 aliphatic heterocycles. The Morgan fingerprint density at radius 1 is 1.22 bits per heavy atom. The summed E-state index contributed by atoms with van der Waals surface area (Å²) in [6.07, 6.45) is 0.439. The summed E-state index contributed by atoms with van der Waals surface area (Å²) < 4.78 is 4.68. The van der Waals surface area contributed by atoms with E-state index in [4.69, 9.17) is 5.11 Å². The molecule has 0 saturated heterocycles. The first-order valence-corrected chi connectivity index (χ1v) is 6.01. The molecule has 0 saturated carbocycles. The van der Waals surface area contributed by atoms with Crippen LogP contribution in [-0.4, -0.2) is 36.1 Å². The van der Waals surface area contributed by atoms with Crippen LogP contribution in [0.1, 0.15) is 40.0 Å². The lowest BCUT2D eigenvalue weighted by molar-refractivity contribution is -0.148. The number of carbonyl (C=O) groups excluding carboxylic acids is 2. The molecule has 0 fully saturated rings. The average Bonchev–Trinajstić information content (AvgIpc) is 2.33. The van der Waals surface area contributed by atoms with E-state index in [0.717, 1.165) is 0 Å². The number of ether oxygens (including phenoxy) is 1. The van der Waals surface area contributed by atoms with Crippen LogP contribution in [0.4, 0.5) is 0 Å². The lowest BCUT2D eigenvalue weighted by Gasteiger charge is -2.23. The number of hydrogen-bond donors (Lipinski definition) is 2. The van der Waals surface area contributed by atoms with Crippen molar-refractivity contribution in [1.29, 1.82) is 0 Å². The summed E-state index contributed by atoms with van der Waals surface area (Å²) in [5.41, 5.74) is -0.973. The highest BCUT2D eigenvalue weighted by Gasteiger charge is 2.31. The minimum Gasteiger partial charge on any atom is -0.481 e. The predicted octanol–water partition coefficient (Wildman–Crippen LogP) is 0.947. The summed E-state index contributed by atoms with van der Waals surface area (Å²) in [7, 11) is 0. The van der Waals surface area contributed by atoms with Gasteiger partial charge in [0, 0.05) is 13.0 Å². The first kappa shape index (κ1) is 16.4. The van der Waals surface area contributed by atoms with Crippen LogP contribution in [0, 0.1) is 5.41 Å². The third-order valence-electron chi connectivity index (χ3n) is 2.83. The number of aliphatic carboxylic acids is 1. The van der Waals surface area contributed by atoms with Gasteiger partial charge in [-0.05, 0) is 20.3 Å². The van der Waals surface area contributed by atoms with E-state index in [1.54, 1.807) is 20.8 Å². The van der Waals surface area contributed by atoms with Gasteiger partial charge < -0.3 is 15.2 Å². The zero-order valence-electron chi connectivity index (χ0n) is 11.1. The fraction of sp³-hybridized carbons (Fsp3) is 0.750. The second-order valence-corrected chi connectivity index (χ2v) is 4.30. The molecule has 0 aliphatic rings. The van der Waals surface area contributed by atoms with Gasteiger partial charge in [0.2, 0.25) is 5.91 Å². The number of esters is 1. The molecule has 6 heteroatoms. The van der Waals surface area contributed by atoms with Crippen LogP contribution in [0.3, 0.4) is 0 Å². The van der Waals surface area contributed by atoms with Crippen molar-refractivity contribution in [3.63, 3.8) is 0 Å². The van der Waals surface area contributed by atoms with Gasteiger partial charge in [-0.2, -0.15) is 0 Å². The molecule has 1 amide bonds. The van der Waals surface area contributed by atoms with Gasteiger partial charge in [0.25, 0.3) is 0 Å². The fourth-order valence-electron chi connectivity index (χ4n) is 1.18. The largest absolute Gasteiger partial charge is 0.481 e. The van der Waals surface area contributed by atoms with Crippen LogP contribution < -0.4 is 5.32 Å². The quantitative estimate of drug-likeness (QED) is 0.633. The molecule has 0 spiro atoms. The summed E-state index contributed by atoms with van der Waals surface area (Å²) in [4.78, 5) is 33.4. The molecular formula is C12H21NO5. The monoisotopic (exact) mass is 259 g/mol. The van der Waals surface area contributed by atoms with Gasteiger partial charge in [-0.25, -0.2) is 0 Å². The van der Waals surface area contributed by atoms with Crippen LogP contribution in [0.25, 0.3) is 0 Å². The zero-order valence-corrected chi connectivity index (χ0v) is 11.1. The van der Waals surface area contributed by atoms with Crippen LogP contribution in [0.15, 0.2) is 0 Å². The molecule has 0 bridgehead atoms. The van der Waals surface area contributed by atoms with Crippen LogP contribution in [0.2, 0.25) is 0 Å². The lowest BCUT2D eigenvalue weighted by atomic mass is 9.87. The van der Waals surface area contributed by atoms with Gasteiger partial charge in [0.15, 0.2) is 0 Å². The van der Waals surface area contributed by atoms with Crippen molar-refractivity contribution < 1.29 is 24.2 Å². The molecule has 0 rings (SSSR count). The molecule has 104 valence electrons. The summed E-state index contributed by atoms with van der Waals surface area (Å²) in [6, 6.07) is 0. The van der Waals surface area contributed by atoms with E-state index in [2.05, 4.69) is 10.1 Å². The highest BCUT2D eigenvalue weighted by atomic mass is 16.5. The number of hydrogen-bond acceptors (Lipinski definition) is 4. The molecular weight excluding hydrogens is 238 g/mol. The molecule has 1 unspecified atom stereocenters. The second kappa shape index (κ2) is 7.68. The maximum absolute atomic E-state index is 11.4. The molecule has 0 aliphatic carbocycles. The normalized spacial score (nSPS) is 13.5. The molecule has 6 nitrogen and oxygen atoms in total. The fourth-order valence-corrected chi connectivity index (χ4v) is 1.18. The molecule has 0 aromatic carbocycles. The summed E-state index contributed by atoms with van der Waals surface area (Å²) in [6.45, 7) is 5.35. The minimum atomic E-state index is -0.973. The number of rotatable bonds is 8. The van der Waals surface area contributed by atoms with Gasteiger partial charge in [-0.1, -0.05) is 6.92 Å². The molecule has 18 heavy (non-hydrogen) atoms. The van der Waals surface area contributed by atoms with Crippen molar-refractivity contribution in [2.45, 2.75) is 40.0 Å². The number of carboxylic acids is 1. The van der Waals surface area contributed by atoms with E-state index in [1.807, 2.05) is 0 Å². The van der Waals surface area contributed by atoms with Crippen molar-refractivity contribution in [1.82, 2.24) is 5.32 Å². The van der Waals surface area contributed by atoms with E-state index in [1.165, 1.54) is 0 Å². The minimum absolute atomic E-state index is 0.00951. The standard InChI is InChI=1S/C12H21NO5/c1-4-12(3,11(16)17)8-13-9(14)6-7-10(15)18-5-2/h4-8H2,1-3H3,(H,13,14)(H,16,17). The Hall–Kier alpha value is -1.59. The third-order valence-corrected chi connectivity index (χ3v) is 2.83. The average molecular weight is 259 g/mol. The molecule has 2 N–H and O–H groups in total. The van der Waals surface area contributed by atoms with Crippen LogP contribution in [0.5, 0.6) is 0 Å². The smallest absolute Gasteiger partial charge is 0.311 e. The summed E-state index contributed by atoms with van der Waals surface area (Å²) >= 11 is 0. The second-order valence-electron chi connectivity index (χ2n) is 4.30. The van der Waals surface area contributed by atoms with Gasteiger partial charge in [0.05, 0.1) is 18.4 Å². The maximum atomic E-state index is 11.4. The Balaban J connectivity index is 4.03. The van der Waals surface area contributed by atoms with E-state index in [-0.39, 0.29) is 31.9 Å². The van der Waals surface area contributed by atoms with Crippen molar-refractivity contribution in [2.75, 3.05) is 13.2 Å².